The van der Waals surface area contributed by atoms with Crippen LogP contribution >= 0.6 is 23.6 Å². The lowest BCUT2D eigenvalue weighted by molar-refractivity contribution is 0.540. The fourth-order valence-corrected chi connectivity index (χ4v) is 5.21. The average molecular weight is 483 g/mol. The van der Waals surface area contributed by atoms with E-state index in [0.29, 0.717) is 37.8 Å². The second-order valence-corrected chi connectivity index (χ2v) is 10.6. The molecule has 33 heavy (non-hydrogen) atoms. The molecule has 0 atom stereocenters. The zero-order valence-corrected chi connectivity index (χ0v) is 20.8. The van der Waals surface area contributed by atoms with Crippen LogP contribution in [0.4, 0.5) is 10.3 Å². The van der Waals surface area contributed by atoms with Crippen molar-refractivity contribution in [2.75, 3.05) is 18.0 Å². The Labute approximate surface area is 201 Å². The lowest BCUT2D eigenvalue weighted by atomic mass is 10.1. The molecule has 0 aliphatic heterocycles. The minimum absolute atomic E-state index is 0.157. The number of benzene rings is 2. The van der Waals surface area contributed by atoms with Gasteiger partial charge < -0.3 is 4.90 Å². The van der Waals surface area contributed by atoms with Gasteiger partial charge in [-0.1, -0.05) is 57.2 Å². The summed E-state index contributed by atoms with van der Waals surface area (Å²) in [5.74, 6) is 1.01. The Morgan fingerprint density at radius 2 is 1.52 bits per heavy atom. The molecule has 0 saturated carbocycles. The average Bonchev–Trinajstić information content (AvgIpc) is 3.10. The molecule has 0 aliphatic rings. The summed E-state index contributed by atoms with van der Waals surface area (Å²) >= 11 is 6.85. The summed E-state index contributed by atoms with van der Waals surface area (Å²) in [6, 6.07) is 15.7. The molecule has 0 radical (unpaired) electrons. The number of rotatable bonds is 7. The van der Waals surface area contributed by atoms with Crippen molar-refractivity contribution in [2.24, 2.45) is 11.8 Å². The molecule has 0 spiro atoms. The Morgan fingerprint density at radius 3 is 2.09 bits per heavy atom. The van der Waals surface area contributed by atoms with Crippen LogP contribution in [-0.2, 0) is 0 Å². The maximum Gasteiger partial charge on any atom is 0.279 e. The molecule has 4 aromatic rings. The number of nitrogens with zero attached hydrogens (tertiary/aromatic N) is 4. The fourth-order valence-electron chi connectivity index (χ4n) is 3.90. The van der Waals surface area contributed by atoms with Crippen molar-refractivity contribution in [3.63, 3.8) is 0 Å². The van der Waals surface area contributed by atoms with E-state index < -0.39 is 0 Å². The van der Waals surface area contributed by atoms with Gasteiger partial charge in [-0.05, 0) is 60.5 Å². The van der Waals surface area contributed by atoms with Crippen LogP contribution in [0, 0.1) is 21.6 Å². The van der Waals surface area contributed by atoms with Gasteiger partial charge in [-0.25, -0.2) is 8.96 Å². The summed E-state index contributed by atoms with van der Waals surface area (Å²) in [5.41, 5.74) is 1.79. The molecule has 2 aromatic heterocycles. The van der Waals surface area contributed by atoms with E-state index in [2.05, 4.69) is 32.6 Å². The molecule has 0 aliphatic carbocycles. The van der Waals surface area contributed by atoms with Crippen LogP contribution in [0.25, 0.3) is 21.7 Å². The molecule has 2 aromatic carbocycles. The zero-order valence-electron chi connectivity index (χ0n) is 19.2. The summed E-state index contributed by atoms with van der Waals surface area (Å²) in [6.45, 7) is 10.1. The molecule has 0 bridgehead atoms. The molecular formula is C25H27FN4OS2. The first-order valence-corrected chi connectivity index (χ1v) is 12.2. The summed E-state index contributed by atoms with van der Waals surface area (Å²) in [4.78, 5) is 21.1. The van der Waals surface area contributed by atoms with E-state index in [1.54, 1.807) is 21.3 Å². The van der Waals surface area contributed by atoms with Crippen molar-refractivity contribution in [2.45, 2.75) is 27.7 Å². The number of thiazole rings is 1. The normalized spacial score (nSPS) is 11.6. The van der Waals surface area contributed by atoms with Crippen LogP contribution in [-0.4, -0.2) is 27.2 Å². The second-order valence-electron chi connectivity index (χ2n) is 8.91. The number of hydrogen-bond donors (Lipinski definition) is 0. The van der Waals surface area contributed by atoms with Crippen LogP contribution in [0.15, 0.2) is 59.4 Å². The van der Waals surface area contributed by atoms with E-state index in [-0.39, 0.29) is 11.4 Å². The Hall–Kier alpha value is -2.84. The van der Waals surface area contributed by atoms with Crippen molar-refractivity contribution in [1.82, 2.24) is 14.1 Å². The molecule has 8 heteroatoms. The molecule has 0 fully saturated rings. The highest BCUT2D eigenvalue weighted by molar-refractivity contribution is 7.73. The number of anilines is 1. The quantitative estimate of drug-likeness (QED) is 0.293. The first kappa shape index (κ1) is 23.3. The Balaban J connectivity index is 2.06. The third kappa shape index (κ3) is 4.77. The van der Waals surface area contributed by atoms with E-state index in [9.17, 15) is 9.18 Å². The zero-order chi connectivity index (χ0) is 23.7. The van der Waals surface area contributed by atoms with Crippen LogP contribution in [0.1, 0.15) is 27.7 Å². The van der Waals surface area contributed by atoms with Crippen molar-refractivity contribution >= 4 is 39.9 Å². The van der Waals surface area contributed by atoms with Crippen LogP contribution in [0.3, 0.4) is 0 Å². The first-order chi connectivity index (χ1) is 15.8. The molecule has 172 valence electrons. The molecule has 0 saturated heterocycles. The summed E-state index contributed by atoms with van der Waals surface area (Å²) in [6.07, 6.45) is 0. The van der Waals surface area contributed by atoms with Crippen molar-refractivity contribution in [1.29, 1.82) is 0 Å². The third-order valence-corrected chi connectivity index (χ3v) is 6.49. The Kier molecular flexibility index (Phi) is 6.76. The van der Waals surface area contributed by atoms with Crippen LogP contribution in [0.5, 0.6) is 0 Å². The van der Waals surface area contributed by atoms with Gasteiger partial charge in [0.15, 0.2) is 9.60 Å². The predicted molar refractivity (Wildman–Crippen MR) is 137 cm³/mol. The highest BCUT2D eigenvalue weighted by atomic mass is 32.1. The van der Waals surface area contributed by atoms with Crippen LogP contribution < -0.4 is 10.5 Å². The molecule has 4 rings (SSSR count). The largest absolute Gasteiger partial charge is 0.341 e. The SMILES string of the molecule is CC(C)CN(CC(C)C)c1nc2c(sc(=S)n2-c2ccc(F)cc2)c(=O)n1-c1ccccc1. The van der Waals surface area contributed by atoms with Gasteiger partial charge in [-0.2, -0.15) is 4.98 Å². The molecule has 2 heterocycles. The maximum absolute atomic E-state index is 13.9. The van der Waals surface area contributed by atoms with Gasteiger partial charge in [0.05, 0.1) is 5.69 Å². The minimum atomic E-state index is -0.329. The third-order valence-electron chi connectivity index (χ3n) is 5.14. The van der Waals surface area contributed by atoms with Gasteiger partial charge in [0.25, 0.3) is 5.56 Å². The van der Waals surface area contributed by atoms with Gasteiger partial charge in [0.2, 0.25) is 5.95 Å². The molecule has 0 N–H and O–H groups in total. The Morgan fingerprint density at radius 1 is 0.939 bits per heavy atom. The number of aromatic nitrogens is 3. The monoisotopic (exact) mass is 482 g/mol. The van der Waals surface area contributed by atoms with E-state index >= 15 is 0 Å². The number of hydrogen-bond acceptors (Lipinski definition) is 5. The van der Waals surface area contributed by atoms with Gasteiger partial charge >= 0.3 is 0 Å². The van der Waals surface area contributed by atoms with E-state index in [1.807, 2.05) is 30.3 Å². The predicted octanol–water partition coefficient (Wildman–Crippen LogP) is 6.22. The van der Waals surface area contributed by atoms with Gasteiger partial charge in [-0.3, -0.25) is 9.36 Å². The second kappa shape index (κ2) is 9.57. The van der Waals surface area contributed by atoms with E-state index in [1.165, 1.54) is 23.5 Å². The molecule has 0 unspecified atom stereocenters. The lowest BCUT2D eigenvalue weighted by Gasteiger charge is -2.29. The van der Waals surface area contributed by atoms with Crippen LogP contribution in [0.2, 0.25) is 0 Å². The highest BCUT2D eigenvalue weighted by Gasteiger charge is 2.23. The van der Waals surface area contributed by atoms with Gasteiger partial charge in [-0.15, -0.1) is 0 Å². The molecule has 0 amide bonds. The Bertz CT molecular complexity index is 1360. The smallest absolute Gasteiger partial charge is 0.279 e. The number of fused-ring (bicyclic) bond motifs is 1. The molecular weight excluding hydrogens is 455 g/mol. The molecule has 5 nitrogen and oxygen atoms in total. The van der Waals surface area contributed by atoms with Gasteiger partial charge in [0, 0.05) is 18.8 Å². The van der Waals surface area contributed by atoms with Crippen molar-refractivity contribution < 1.29 is 4.39 Å². The fraction of sp³-hybridized carbons (Fsp3) is 0.320. The van der Waals surface area contributed by atoms with E-state index in [4.69, 9.17) is 17.2 Å². The van der Waals surface area contributed by atoms with E-state index in [0.717, 1.165) is 18.8 Å². The van der Waals surface area contributed by atoms with Crippen molar-refractivity contribution in [3.8, 4) is 11.4 Å². The minimum Gasteiger partial charge on any atom is -0.341 e. The summed E-state index contributed by atoms with van der Waals surface area (Å²) in [7, 11) is 0. The maximum atomic E-state index is 13.9. The lowest BCUT2D eigenvalue weighted by Crippen LogP contribution is -2.37. The summed E-state index contributed by atoms with van der Waals surface area (Å²) in [5, 5.41) is 0. The highest BCUT2D eigenvalue weighted by Crippen LogP contribution is 2.27. The van der Waals surface area contributed by atoms with Gasteiger partial charge in [0.1, 0.15) is 10.5 Å². The van der Waals surface area contributed by atoms with Crippen molar-refractivity contribution in [3.05, 3.63) is 74.7 Å². The summed E-state index contributed by atoms with van der Waals surface area (Å²) < 4.78 is 18.0. The standard InChI is InChI=1S/C25H27FN4OS2/c1-16(2)14-28(15-17(3)4)24-27-22-21(23(31)30(24)19-8-6-5-7-9-19)33-25(32)29(22)20-12-10-18(26)11-13-20/h5-13,16-17H,14-15H2,1-4H3. The first-order valence-electron chi connectivity index (χ1n) is 11.0. The number of halogens is 1. The number of para-hydroxylation sites is 1. The topological polar surface area (TPSA) is 43.1 Å².